The van der Waals surface area contributed by atoms with Gasteiger partial charge in [0.2, 0.25) is 0 Å². The Bertz CT molecular complexity index is 1010. The van der Waals surface area contributed by atoms with Gasteiger partial charge in [0.15, 0.2) is 0 Å². The second-order valence-electron chi connectivity index (χ2n) is 6.52. The van der Waals surface area contributed by atoms with Gasteiger partial charge in [0.1, 0.15) is 12.4 Å². The van der Waals surface area contributed by atoms with Crippen molar-refractivity contribution >= 4 is 34.4 Å². The summed E-state index contributed by atoms with van der Waals surface area (Å²) in [5.41, 5.74) is 2.65. The molecule has 3 aromatic rings. The summed E-state index contributed by atoms with van der Waals surface area (Å²) >= 11 is 5.54. The van der Waals surface area contributed by atoms with Crippen LogP contribution in [0.25, 0.3) is 10.9 Å². The van der Waals surface area contributed by atoms with Crippen LogP contribution in [0, 0.1) is 6.92 Å². The van der Waals surface area contributed by atoms with E-state index >= 15 is 0 Å². The number of carbonyl (C=O) groups excluding carboxylic acids is 1. The average molecular weight is 416 g/mol. The molecule has 0 bridgehead atoms. The third-order valence-electron chi connectivity index (χ3n) is 4.48. The molecule has 6 nitrogen and oxygen atoms in total. The largest absolute Gasteiger partial charge is 0.491 e. The lowest BCUT2D eigenvalue weighted by atomic mass is 10.1. The zero-order valence-corrected chi connectivity index (χ0v) is 16.8. The van der Waals surface area contributed by atoms with E-state index in [1.54, 1.807) is 41.0 Å². The third-order valence-corrected chi connectivity index (χ3v) is 4.64. The number of halogens is 1. The summed E-state index contributed by atoms with van der Waals surface area (Å²) in [6.07, 6.45) is -0.0877. The van der Waals surface area contributed by atoms with Crippen LogP contribution in [-0.2, 0) is 16.0 Å². The molecule has 0 saturated heterocycles. The number of carboxylic acid groups (broad SMARTS) is 1. The molecule has 152 valence electrons. The Balaban J connectivity index is 1.79. The van der Waals surface area contributed by atoms with E-state index in [0.29, 0.717) is 48.1 Å². The zero-order chi connectivity index (χ0) is 20.8. The van der Waals surface area contributed by atoms with E-state index in [9.17, 15) is 9.59 Å². The van der Waals surface area contributed by atoms with Crippen molar-refractivity contribution in [3.8, 4) is 5.75 Å². The molecule has 2 aromatic carbocycles. The van der Waals surface area contributed by atoms with E-state index in [4.69, 9.17) is 26.2 Å². The highest BCUT2D eigenvalue weighted by Crippen LogP contribution is 2.25. The molecule has 0 amide bonds. The summed E-state index contributed by atoms with van der Waals surface area (Å²) in [6.45, 7) is 3.16. The molecular weight excluding hydrogens is 394 g/mol. The van der Waals surface area contributed by atoms with E-state index in [0.717, 1.165) is 11.1 Å². The number of aliphatic carboxylic acids is 1. The van der Waals surface area contributed by atoms with Crippen molar-refractivity contribution in [3.05, 3.63) is 65.4 Å². The molecule has 0 unspecified atom stereocenters. The number of hydrogen-bond donors (Lipinski definition) is 1. The smallest absolute Gasteiger partial charge is 0.307 e. The van der Waals surface area contributed by atoms with E-state index in [2.05, 4.69) is 0 Å². The fourth-order valence-corrected chi connectivity index (χ4v) is 3.32. The van der Waals surface area contributed by atoms with Crippen molar-refractivity contribution in [2.24, 2.45) is 0 Å². The van der Waals surface area contributed by atoms with Gasteiger partial charge in [-0.1, -0.05) is 12.1 Å². The Morgan fingerprint density at radius 3 is 2.52 bits per heavy atom. The highest BCUT2D eigenvalue weighted by atomic mass is 35.5. The van der Waals surface area contributed by atoms with Gasteiger partial charge in [-0.2, -0.15) is 0 Å². The maximum Gasteiger partial charge on any atom is 0.307 e. The van der Waals surface area contributed by atoms with Crippen molar-refractivity contribution in [2.45, 2.75) is 13.3 Å². The van der Waals surface area contributed by atoms with Crippen molar-refractivity contribution in [3.63, 3.8) is 0 Å². The summed E-state index contributed by atoms with van der Waals surface area (Å²) < 4.78 is 12.4. The molecule has 0 aliphatic carbocycles. The second-order valence-corrected chi connectivity index (χ2v) is 6.90. The number of carboxylic acids is 1. The molecule has 1 N–H and O–H groups in total. The van der Waals surface area contributed by atoms with Gasteiger partial charge in [0.05, 0.1) is 25.2 Å². The fourth-order valence-electron chi connectivity index (χ4n) is 3.21. The SMILES string of the molecule is Cc1cc2c(CC(=O)O)cccc2n1C(=O)c1ccc(OCCOCCCl)cc1. The average Bonchev–Trinajstić information content (AvgIpc) is 3.04. The minimum absolute atomic E-state index is 0.0877. The van der Waals surface area contributed by atoms with E-state index < -0.39 is 5.97 Å². The quantitative estimate of drug-likeness (QED) is 0.423. The molecule has 1 aromatic heterocycles. The molecule has 0 atom stereocenters. The van der Waals surface area contributed by atoms with Crippen LogP contribution in [0.5, 0.6) is 5.75 Å². The highest BCUT2D eigenvalue weighted by Gasteiger charge is 2.17. The first-order valence-electron chi connectivity index (χ1n) is 9.24. The number of aromatic nitrogens is 1. The first-order valence-corrected chi connectivity index (χ1v) is 9.77. The van der Waals surface area contributed by atoms with Gasteiger partial charge in [-0.15, -0.1) is 11.6 Å². The molecule has 3 rings (SSSR count). The molecular formula is C22H22ClNO5. The van der Waals surface area contributed by atoms with Crippen LogP contribution in [0.1, 0.15) is 21.6 Å². The molecule has 0 aliphatic rings. The first-order chi connectivity index (χ1) is 14.0. The molecule has 7 heteroatoms. The number of nitrogens with zero attached hydrogens (tertiary/aromatic N) is 1. The minimum Gasteiger partial charge on any atom is -0.491 e. The van der Waals surface area contributed by atoms with Crippen LogP contribution in [0.2, 0.25) is 0 Å². The second kappa shape index (κ2) is 9.58. The van der Waals surface area contributed by atoms with Crippen LogP contribution in [0.3, 0.4) is 0 Å². The Labute approximate surface area is 173 Å². The van der Waals surface area contributed by atoms with Gasteiger partial charge in [-0.05, 0) is 48.9 Å². The normalized spacial score (nSPS) is 11.0. The van der Waals surface area contributed by atoms with Crippen molar-refractivity contribution in [1.82, 2.24) is 4.57 Å². The van der Waals surface area contributed by atoms with Gasteiger partial charge in [0.25, 0.3) is 5.91 Å². The zero-order valence-electron chi connectivity index (χ0n) is 16.1. The van der Waals surface area contributed by atoms with Crippen molar-refractivity contribution in [2.75, 3.05) is 25.7 Å². The Hall–Kier alpha value is -2.83. The van der Waals surface area contributed by atoms with Gasteiger partial charge in [0, 0.05) is 22.5 Å². The minimum atomic E-state index is -0.905. The number of ether oxygens (including phenoxy) is 2. The fraction of sp³-hybridized carbons (Fsp3) is 0.273. The van der Waals surface area contributed by atoms with Gasteiger partial charge >= 0.3 is 5.97 Å². The maximum absolute atomic E-state index is 13.1. The lowest BCUT2D eigenvalue weighted by Crippen LogP contribution is -2.13. The molecule has 1 heterocycles. The molecule has 0 fully saturated rings. The number of carbonyl (C=O) groups is 2. The van der Waals surface area contributed by atoms with Crippen LogP contribution >= 0.6 is 11.6 Å². The standard InChI is InChI=1S/C22H22ClNO5/c1-15-13-19-17(14-21(25)26)3-2-4-20(19)24(15)22(27)16-5-7-18(8-6-16)29-12-11-28-10-9-23/h2-8,13H,9-12,14H2,1H3,(H,25,26). The van der Waals surface area contributed by atoms with Crippen molar-refractivity contribution in [1.29, 1.82) is 0 Å². The lowest BCUT2D eigenvalue weighted by molar-refractivity contribution is -0.136. The predicted octanol–water partition coefficient (Wildman–Crippen LogP) is 3.90. The molecule has 0 aliphatic heterocycles. The number of hydrogen-bond acceptors (Lipinski definition) is 4. The van der Waals surface area contributed by atoms with Crippen molar-refractivity contribution < 1.29 is 24.2 Å². The number of benzene rings is 2. The molecule has 29 heavy (non-hydrogen) atoms. The number of aryl methyl sites for hydroxylation is 1. The summed E-state index contributed by atoms with van der Waals surface area (Å²) in [5.74, 6) is 0.0101. The van der Waals surface area contributed by atoms with E-state index in [-0.39, 0.29) is 12.3 Å². The van der Waals surface area contributed by atoms with E-state index in [1.165, 1.54) is 0 Å². The lowest BCUT2D eigenvalue weighted by Gasteiger charge is -2.10. The van der Waals surface area contributed by atoms with Crippen LogP contribution < -0.4 is 4.74 Å². The molecule has 0 spiro atoms. The first kappa shape index (κ1) is 20.9. The Morgan fingerprint density at radius 2 is 1.83 bits per heavy atom. The monoisotopic (exact) mass is 415 g/mol. The number of alkyl halides is 1. The highest BCUT2D eigenvalue weighted by molar-refractivity contribution is 6.17. The number of rotatable bonds is 9. The third kappa shape index (κ3) is 4.96. The van der Waals surface area contributed by atoms with Crippen LogP contribution in [0.4, 0.5) is 0 Å². The molecule has 0 radical (unpaired) electrons. The Kier molecular flexibility index (Phi) is 6.90. The van der Waals surface area contributed by atoms with Gasteiger partial charge in [-0.25, -0.2) is 0 Å². The van der Waals surface area contributed by atoms with Gasteiger partial charge in [-0.3, -0.25) is 14.2 Å². The topological polar surface area (TPSA) is 77.8 Å². The van der Waals surface area contributed by atoms with Gasteiger partial charge < -0.3 is 14.6 Å². The summed E-state index contributed by atoms with van der Waals surface area (Å²) in [7, 11) is 0. The predicted molar refractivity (Wildman–Crippen MR) is 111 cm³/mol. The summed E-state index contributed by atoms with van der Waals surface area (Å²) in [5, 5.41) is 9.90. The number of fused-ring (bicyclic) bond motifs is 1. The van der Waals surface area contributed by atoms with Crippen LogP contribution in [-0.4, -0.2) is 47.3 Å². The molecule has 0 saturated carbocycles. The Morgan fingerprint density at radius 1 is 1.07 bits per heavy atom. The van der Waals surface area contributed by atoms with E-state index in [1.807, 2.05) is 19.1 Å². The maximum atomic E-state index is 13.1. The van der Waals surface area contributed by atoms with Crippen LogP contribution in [0.15, 0.2) is 48.5 Å². The summed E-state index contributed by atoms with van der Waals surface area (Å²) in [6, 6.07) is 14.1. The summed E-state index contributed by atoms with van der Waals surface area (Å²) in [4.78, 5) is 24.2.